The lowest BCUT2D eigenvalue weighted by molar-refractivity contribution is 0.216. The van der Waals surface area contributed by atoms with Crippen LogP contribution < -0.4 is 5.32 Å². The predicted molar refractivity (Wildman–Crippen MR) is 77.9 cm³/mol. The van der Waals surface area contributed by atoms with Gasteiger partial charge in [-0.2, -0.15) is 0 Å². The van der Waals surface area contributed by atoms with E-state index in [1.54, 1.807) is 0 Å². The Labute approximate surface area is 111 Å². The Kier molecular flexibility index (Phi) is 5.21. The van der Waals surface area contributed by atoms with E-state index < -0.39 is 0 Å². The molecular weight excluding hydrogens is 220 g/mol. The predicted octanol–water partition coefficient (Wildman–Crippen LogP) is 2.69. The molecule has 0 radical (unpaired) electrons. The van der Waals surface area contributed by atoms with Crippen molar-refractivity contribution in [1.82, 2.24) is 10.2 Å². The first-order chi connectivity index (χ1) is 8.74. The summed E-state index contributed by atoms with van der Waals surface area (Å²) in [5.41, 5.74) is 1.45. The lowest BCUT2D eigenvalue weighted by atomic mass is 10.0. The molecule has 0 spiro atoms. The summed E-state index contributed by atoms with van der Waals surface area (Å²) in [6.45, 7) is 4.78. The molecule has 2 nitrogen and oxygen atoms in total. The molecular formula is C16H26N2. The molecule has 18 heavy (non-hydrogen) atoms. The Morgan fingerprint density at radius 1 is 1.33 bits per heavy atom. The van der Waals surface area contributed by atoms with E-state index in [2.05, 4.69) is 54.5 Å². The van der Waals surface area contributed by atoms with Crippen LogP contribution >= 0.6 is 0 Å². The van der Waals surface area contributed by atoms with Gasteiger partial charge in [-0.05, 0) is 51.8 Å². The van der Waals surface area contributed by atoms with Crippen molar-refractivity contribution in [2.75, 3.05) is 20.1 Å². The molecule has 2 unspecified atom stereocenters. The molecule has 2 heteroatoms. The van der Waals surface area contributed by atoms with Crippen molar-refractivity contribution in [3.8, 4) is 0 Å². The second kappa shape index (κ2) is 6.91. The number of hydrogen-bond acceptors (Lipinski definition) is 2. The molecule has 1 saturated heterocycles. The van der Waals surface area contributed by atoms with Gasteiger partial charge < -0.3 is 10.2 Å². The highest BCUT2D eigenvalue weighted by Gasteiger charge is 2.18. The summed E-state index contributed by atoms with van der Waals surface area (Å²) in [7, 11) is 2.22. The minimum Gasteiger partial charge on any atom is -0.310 e. The first-order valence-electron chi connectivity index (χ1n) is 7.22. The molecule has 1 fully saturated rings. The number of likely N-dealkylation sites (tertiary alicyclic amines) is 1. The van der Waals surface area contributed by atoms with Gasteiger partial charge in [-0.1, -0.05) is 30.3 Å². The topological polar surface area (TPSA) is 15.3 Å². The van der Waals surface area contributed by atoms with Crippen molar-refractivity contribution in [2.24, 2.45) is 0 Å². The zero-order valence-corrected chi connectivity index (χ0v) is 11.7. The number of aryl methyl sites for hydroxylation is 1. The number of rotatable bonds is 5. The van der Waals surface area contributed by atoms with Crippen LogP contribution in [0.25, 0.3) is 0 Å². The van der Waals surface area contributed by atoms with Crippen molar-refractivity contribution in [3.05, 3.63) is 35.9 Å². The standard InChI is InChI=1S/C16H26N2/c1-14(10-11-15-7-4-3-5-8-15)17-16-9-6-12-18(2)13-16/h3-5,7-8,14,16-17H,6,9-13H2,1-2H3. The van der Waals surface area contributed by atoms with Crippen molar-refractivity contribution < 1.29 is 0 Å². The summed E-state index contributed by atoms with van der Waals surface area (Å²) in [6, 6.07) is 12.1. The lowest BCUT2D eigenvalue weighted by Gasteiger charge is -2.32. The van der Waals surface area contributed by atoms with E-state index in [0.29, 0.717) is 12.1 Å². The van der Waals surface area contributed by atoms with Gasteiger partial charge in [-0.3, -0.25) is 0 Å². The smallest absolute Gasteiger partial charge is 0.0197 e. The van der Waals surface area contributed by atoms with Gasteiger partial charge in [0.05, 0.1) is 0 Å². The molecule has 1 aliphatic rings. The minimum absolute atomic E-state index is 0.613. The first-order valence-corrected chi connectivity index (χ1v) is 7.22. The summed E-state index contributed by atoms with van der Waals surface area (Å²) in [5, 5.41) is 3.78. The van der Waals surface area contributed by atoms with Gasteiger partial charge in [0, 0.05) is 18.6 Å². The Morgan fingerprint density at radius 3 is 2.83 bits per heavy atom. The van der Waals surface area contributed by atoms with E-state index in [9.17, 15) is 0 Å². The molecule has 0 saturated carbocycles. The second-order valence-corrected chi connectivity index (χ2v) is 5.69. The third kappa shape index (κ3) is 4.43. The summed E-state index contributed by atoms with van der Waals surface area (Å²) >= 11 is 0. The van der Waals surface area contributed by atoms with E-state index in [1.807, 2.05) is 0 Å². The monoisotopic (exact) mass is 246 g/mol. The van der Waals surface area contributed by atoms with Crippen LogP contribution in [0.3, 0.4) is 0 Å². The highest BCUT2D eigenvalue weighted by atomic mass is 15.1. The maximum atomic E-state index is 3.78. The third-order valence-corrected chi connectivity index (χ3v) is 3.85. The van der Waals surface area contributed by atoms with Gasteiger partial charge >= 0.3 is 0 Å². The quantitative estimate of drug-likeness (QED) is 0.859. The van der Waals surface area contributed by atoms with Crippen molar-refractivity contribution in [3.63, 3.8) is 0 Å². The molecule has 1 aromatic rings. The fourth-order valence-corrected chi connectivity index (χ4v) is 2.82. The third-order valence-electron chi connectivity index (χ3n) is 3.85. The van der Waals surface area contributed by atoms with Gasteiger partial charge in [0.15, 0.2) is 0 Å². The van der Waals surface area contributed by atoms with Crippen molar-refractivity contribution >= 4 is 0 Å². The van der Waals surface area contributed by atoms with Crippen LogP contribution in [0.5, 0.6) is 0 Å². The first kappa shape index (κ1) is 13.6. The van der Waals surface area contributed by atoms with E-state index in [4.69, 9.17) is 0 Å². The molecule has 0 aliphatic carbocycles. The van der Waals surface area contributed by atoms with E-state index in [1.165, 1.54) is 44.3 Å². The minimum atomic E-state index is 0.613. The second-order valence-electron chi connectivity index (χ2n) is 5.69. The van der Waals surface area contributed by atoms with Crippen molar-refractivity contribution in [1.29, 1.82) is 0 Å². The van der Waals surface area contributed by atoms with Gasteiger partial charge in [0.1, 0.15) is 0 Å². The van der Waals surface area contributed by atoms with Gasteiger partial charge in [0.25, 0.3) is 0 Å². The van der Waals surface area contributed by atoms with Crippen LogP contribution in [0.1, 0.15) is 31.7 Å². The molecule has 0 amide bonds. The Bertz CT molecular complexity index is 336. The molecule has 1 N–H and O–H groups in total. The SMILES string of the molecule is CC(CCc1ccccc1)NC1CCCN(C)C1. The molecule has 1 aromatic carbocycles. The number of benzene rings is 1. The highest BCUT2D eigenvalue weighted by Crippen LogP contribution is 2.10. The number of piperidine rings is 1. The number of nitrogens with zero attached hydrogens (tertiary/aromatic N) is 1. The number of likely N-dealkylation sites (N-methyl/N-ethyl adjacent to an activating group) is 1. The van der Waals surface area contributed by atoms with Gasteiger partial charge in [-0.15, -0.1) is 0 Å². The van der Waals surface area contributed by atoms with Crippen LogP contribution in [-0.4, -0.2) is 37.1 Å². The largest absolute Gasteiger partial charge is 0.310 e. The summed E-state index contributed by atoms with van der Waals surface area (Å²) < 4.78 is 0. The Morgan fingerprint density at radius 2 is 2.11 bits per heavy atom. The van der Waals surface area contributed by atoms with Gasteiger partial charge in [0.2, 0.25) is 0 Å². The average Bonchev–Trinajstić information content (AvgIpc) is 2.38. The van der Waals surface area contributed by atoms with Crippen LogP contribution in [-0.2, 0) is 6.42 Å². The fourth-order valence-electron chi connectivity index (χ4n) is 2.82. The van der Waals surface area contributed by atoms with Crippen LogP contribution in [0, 0.1) is 0 Å². The molecule has 100 valence electrons. The summed E-state index contributed by atoms with van der Waals surface area (Å²) in [6.07, 6.45) is 5.07. The fraction of sp³-hybridized carbons (Fsp3) is 0.625. The molecule has 1 heterocycles. The van der Waals surface area contributed by atoms with Crippen molar-refractivity contribution in [2.45, 2.75) is 44.7 Å². The van der Waals surface area contributed by atoms with E-state index in [-0.39, 0.29) is 0 Å². The van der Waals surface area contributed by atoms with Crippen LogP contribution in [0.15, 0.2) is 30.3 Å². The lowest BCUT2D eigenvalue weighted by Crippen LogP contribution is -2.47. The zero-order valence-electron chi connectivity index (χ0n) is 11.7. The number of nitrogens with one attached hydrogen (secondary N) is 1. The van der Waals surface area contributed by atoms with Crippen LogP contribution in [0.4, 0.5) is 0 Å². The Hall–Kier alpha value is -0.860. The normalized spacial score (nSPS) is 22.9. The Balaban J connectivity index is 1.70. The van der Waals surface area contributed by atoms with Crippen LogP contribution in [0.2, 0.25) is 0 Å². The zero-order chi connectivity index (χ0) is 12.8. The molecule has 2 rings (SSSR count). The van der Waals surface area contributed by atoms with E-state index in [0.717, 1.165) is 0 Å². The maximum absolute atomic E-state index is 3.78. The van der Waals surface area contributed by atoms with Gasteiger partial charge in [-0.25, -0.2) is 0 Å². The summed E-state index contributed by atoms with van der Waals surface area (Å²) in [5.74, 6) is 0. The molecule has 0 bridgehead atoms. The van der Waals surface area contributed by atoms with E-state index >= 15 is 0 Å². The number of hydrogen-bond donors (Lipinski definition) is 1. The molecule has 2 atom stereocenters. The summed E-state index contributed by atoms with van der Waals surface area (Å²) in [4.78, 5) is 2.44. The highest BCUT2D eigenvalue weighted by molar-refractivity contribution is 5.14. The maximum Gasteiger partial charge on any atom is 0.0197 e. The molecule has 0 aromatic heterocycles. The average molecular weight is 246 g/mol. The molecule has 1 aliphatic heterocycles.